The van der Waals surface area contributed by atoms with Crippen LogP contribution in [0.15, 0.2) is 0 Å². The molecule has 0 aliphatic heterocycles. The van der Waals surface area contributed by atoms with Gasteiger partial charge in [-0.25, -0.2) is 4.79 Å². The van der Waals surface area contributed by atoms with Crippen LogP contribution in [0.3, 0.4) is 0 Å². The number of hydrogen-bond donors (Lipinski definition) is 1. The first-order valence-corrected chi connectivity index (χ1v) is 8.79. The van der Waals surface area contributed by atoms with Gasteiger partial charge in [0.05, 0.1) is 13.2 Å². The van der Waals surface area contributed by atoms with Gasteiger partial charge in [0.2, 0.25) is 0 Å². The minimum Gasteiger partial charge on any atom is -0.468 e. The molecule has 0 aliphatic carbocycles. The summed E-state index contributed by atoms with van der Waals surface area (Å²) < 4.78 is 13.7. The summed E-state index contributed by atoms with van der Waals surface area (Å²) in [6.45, 7) is 1.80. The normalized spacial score (nSPS) is 9.92. The van der Waals surface area contributed by atoms with Gasteiger partial charge in [0.15, 0.2) is 0 Å². The number of esters is 1. The highest BCUT2D eigenvalue weighted by Gasteiger charge is 2.09. The van der Waals surface area contributed by atoms with Crippen molar-refractivity contribution >= 4 is 25.0 Å². The van der Waals surface area contributed by atoms with Gasteiger partial charge in [-0.2, -0.15) is 0 Å². The van der Waals surface area contributed by atoms with Crippen LogP contribution in [-0.2, 0) is 28.6 Å². The van der Waals surface area contributed by atoms with Gasteiger partial charge in [-0.3, -0.25) is 14.4 Å². The number of alkyl carbamates (subject to hydrolysis) is 1. The van der Waals surface area contributed by atoms with Gasteiger partial charge in [-0.15, -0.1) is 0 Å². The van der Waals surface area contributed by atoms with E-state index in [2.05, 4.69) is 19.5 Å². The standard InChI is InChI=1S/C17H29NO7/c19-14-23-12-8-6-4-2-1-3-5-7-10-16(21)25-17(22)18-11-9-13-24-15-20/h14-15H,1-13H2,(H,18,22). The first-order chi connectivity index (χ1) is 12.2. The van der Waals surface area contributed by atoms with Crippen molar-refractivity contribution < 1.29 is 33.4 Å². The van der Waals surface area contributed by atoms with Crippen LogP contribution in [0.5, 0.6) is 0 Å². The van der Waals surface area contributed by atoms with Gasteiger partial charge in [-0.1, -0.05) is 38.5 Å². The summed E-state index contributed by atoms with van der Waals surface area (Å²) in [5.41, 5.74) is 0. The fraction of sp³-hybridized carbons (Fsp3) is 0.765. The lowest BCUT2D eigenvalue weighted by Gasteiger charge is -2.05. The van der Waals surface area contributed by atoms with E-state index >= 15 is 0 Å². The smallest absolute Gasteiger partial charge is 0.414 e. The average molecular weight is 359 g/mol. The van der Waals surface area contributed by atoms with E-state index < -0.39 is 12.1 Å². The molecule has 0 aromatic carbocycles. The highest BCUT2D eigenvalue weighted by molar-refractivity contribution is 5.84. The number of rotatable bonds is 17. The summed E-state index contributed by atoms with van der Waals surface area (Å²) in [7, 11) is 0. The Morgan fingerprint density at radius 1 is 0.720 bits per heavy atom. The van der Waals surface area contributed by atoms with Gasteiger partial charge in [0.25, 0.3) is 12.9 Å². The van der Waals surface area contributed by atoms with E-state index in [9.17, 15) is 19.2 Å². The molecule has 0 unspecified atom stereocenters. The zero-order chi connectivity index (χ0) is 18.6. The fourth-order valence-electron chi connectivity index (χ4n) is 2.15. The van der Waals surface area contributed by atoms with Crippen molar-refractivity contribution in [3.8, 4) is 0 Å². The molecule has 0 rings (SSSR count). The highest BCUT2D eigenvalue weighted by Crippen LogP contribution is 2.10. The molecular weight excluding hydrogens is 330 g/mol. The Hall–Kier alpha value is -2.12. The molecule has 0 radical (unpaired) electrons. The number of carbonyl (C=O) groups excluding carboxylic acids is 4. The Kier molecular flexibility index (Phi) is 16.7. The van der Waals surface area contributed by atoms with E-state index in [4.69, 9.17) is 0 Å². The number of unbranched alkanes of at least 4 members (excludes halogenated alkanes) is 7. The lowest BCUT2D eigenvalue weighted by atomic mass is 10.1. The molecular formula is C17H29NO7. The molecule has 144 valence electrons. The minimum absolute atomic E-state index is 0.213. The maximum Gasteiger partial charge on any atom is 0.414 e. The van der Waals surface area contributed by atoms with Crippen LogP contribution in [0, 0.1) is 0 Å². The summed E-state index contributed by atoms with van der Waals surface area (Å²) in [6, 6.07) is 0. The molecule has 25 heavy (non-hydrogen) atoms. The zero-order valence-electron chi connectivity index (χ0n) is 14.7. The molecule has 0 fully saturated rings. The Morgan fingerprint density at radius 2 is 1.24 bits per heavy atom. The highest BCUT2D eigenvalue weighted by atomic mass is 16.6. The largest absolute Gasteiger partial charge is 0.468 e. The monoisotopic (exact) mass is 359 g/mol. The van der Waals surface area contributed by atoms with Crippen LogP contribution >= 0.6 is 0 Å². The van der Waals surface area contributed by atoms with Crippen molar-refractivity contribution in [2.24, 2.45) is 0 Å². The van der Waals surface area contributed by atoms with Crippen molar-refractivity contribution in [2.75, 3.05) is 19.8 Å². The third kappa shape index (κ3) is 18.1. The molecule has 0 spiro atoms. The predicted octanol–water partition coefficient (Wildman–Crippen LogP) is 2.49. The van der Waals surface area contributed by atoms with Gasteiger partial charge in [0, 0.05) is 13.0 Å². The molecule has 1 N–H and O–H groups in total. The lowest BCUT2D eigenvalue weighted by Crippen LogP contribution is -2.28. The van der Waals surface area contributed by atoms with Crippen LogP contribution < -0.4 is 5.32 Å². The quantitative estimate of drug-likeness (QED) is 0.140. The van der Waals surface area contributed by atoms with Gasteiger partial charge in [-0.05, 0) is 19.3 Å². The average Bonchev–Trinajstić information content (AvgIpc) is 2.59. The second kappa shape index (κ2) is 18.2. The Morgan fingerprint density at radius 3 is 1.84 bits per heavy atom. The van der Waals surface area contributed by atoms with E-state index in [0.29, 0.717) is 32.4 Å². The SMILES string of the molecule is O=COCCCCCCCCCCC(=O)OC(=O)NCCCOC=O. The Balaban J connectivity index is 3.33. The lowest BCUT2D eigenvalue weighted by molar-refractivity contribution is -0.137. The minimum atomic E-state index is -0.769. The third-order valence-electron chi connectivity index (χ3n) is 3.44. The molecule has 0 heterocycles. The molecule has 0 saturated carbocycles. The first-order valence-electron chi connectivity index (χ1n) is 8.79. The molecule has 0 saturated heterocycles. The molecule has 0 aromatic rings. The van der Waals surface area contributed by atoms with E-state index in [0.717, 1.165) is 44.9 Å². The maximum atomic E-state index is 11.5. The van der Waals surface area contributed by atoms with Crippen LogP contribution in [-0.4, -0.2) is 44.8 Å². The van der Waals surface area contributed by atoms with Crippen molar-refractivity contribution in [3.05, 3.63) is 0 Å². The molecule has 0 aromatic heterocycles. The van der Waals surface area contributed by atoms with Gasteiger partial charge in [0.1, 0.15) is 0 Å². The molecule has 8 nitrogen and oxygen atoms in total. The van der Waals surface area contributed by atoms with Crippen LogP contribution in [0.1, 0.15) is 64.2 Å². The van der Waals surface area contributed by atoms with E-state index in [1.165, 1.54) is 0 Å². The molecule has 8 heteroatoms. The van der Waals surface area contributed by atoms with Crippen LogP contribution in [0.2, 0.25) is 0 Å². The maximum absolute atomic E-state index is 11.5. The summed E-state index contributed by atoms with van der Waals surface area (Å²) in [5, 5.41) is 2.41. The fourth-order valence-corrected chi connectivity index (χ4v) is 2.15. The number of ether oxygens (including phenoxy) is 3. The van der Waals surface area contributed by atoms with Crippen molar-refractivity contribution in [2.45, 2.75) is 64.2 Å². The summed E-state index contributed by atoms with van der Waals surface area (Å²) >= 11 is 0. The molecule has 0 aliphatic rings. The third-order valence-corrected chi connectivity index (χ3v) is 3.44. The van der Waals surface area contributed by atoms with Gasteiger partial charge < -0.3 is 19.5 Å². The van der Waals surface area contributed by atoms with E-state index in [1.54, 1.807) is 0 Å². The van der Waals surface area contributed by atoms with E-state index in [1.807, 2.05) is 0 Å². The van der Waals surface area contributed by atoms with Crippen LogP contribution in [0.4, 0.5) is 4.79 Å². The number of amides is 1. The second-order valence-corrected chi connectivity index (χ2v) is 5.55. The van der Waals surface area contributed by atoms with Crippen molar-refractivity contribution in [1.29, 1.82) is 0 Å². The molecule has 0 bridgehead atoms. The van der Waals surface area contributed by atoms with Crippen molar-refractivity contribution in [3.63, 3.8) is 0 Å². The van der Waals surface area contributed by atoms with E-state index in [-0.39, 0.29) is 19.6 Å². The van der Waals surface area contributed by atoms with Gasteiger partial charge >= 0.3 is 12.1 Å². The Bertz CT molecular complexity index is 374. The number of carbonyl (C=O) groups is 4. The van der Waals surface area contributed by atoms with Crippen molar-refractivity contribution in [1.82, 2.24) is 5.32 Å². The number of nitrogens with one attached hydrogen (secondary N) is 1. The van der Waals surface area contributed by atoms with Crippen LogP contribution in [0.25, 0.3) is 0 Å². The number of hydrogen-bond acceptors (Lipinski definition) is 7. The topological polar surface area (TPSA) is 108 Å². The molecule has 1 amide bonds. The summed E-state index contributed by atoms with van der Waals surface area (Å²) in [5.74, 6) is -0.531. The summed E-state index contributed by atoms with van der Waals surface area (Å²) in [6.07, 6.45) is 7.89. The summed E-state index contributed by atoms with van der Waals surface area (Å²) in [4.78, 5) is 42.6. The first kappa shape index (κ1) is 22.9. The second-order valence-electron chi connectivity index (χ2n) is 5.55. The Labute approximate surface area is 148 Å². The predicted molar refractivity (Wildman–Crippen MR) is 89.7 cm³/mol. The zero-order valence-corrected chi connectivity index (χ0v) is 14.7. The molecule has 0 atom stereocenters.